The highest BCUT2D eigenvalue weighted by atomic mass is 32.1. The molecule has 2 rings (SSSR count). The van der Waals surface area contributed by atoms with E-state index in [1.165, 1.54) is 16.7 Å². The van der Waals surface area contributed by atoms with Crippen molar-refractivity contribution in [2.24, 2.45) is 0 Å². The quantitative estimate of drug-likeness (QED) is 0.809. The fraction of sp³-hybridized carbons (Fsp3) is 0.571. The number of aromatic carboxylic acids is 1. The normalized spacial score (nSPS) is 15.5. The fourth-order valence-electron chi connectivity index (χ4n) is 2.27. The average molecular weight is 325 g/mol. The van der Waals surface area contributed by atoms with Gasteiger partial charge in [-0.15, -0.1) is 11.3 Å². The van der Waals surface area contributed by atoms with Crippen LogP contribution in [0.5, 0.6) is 0 Å². The summed E-state index contributed by atoms with van der Waals surface area (Å²) in [5.41, 5.74) is 0.0292. The van der Waals surface area contributed by atoms with Gasteiger partial charge in [-0.3, -0.25) is 9.59 Å². The van der Waals surface area contributed by atoms with Gasteiger partial charge >= 0.3 is 5.97 Å². The molecule has 1 saturated heterocycles. The molecule has 0 unspecified atom stereocenters. The summed E-state index contributed by atoms with van der Waals surface area (Å²) >= 11 is 1.26. The predicted molar refractivity (Wildman–Crippen MR) is 80.8 cm³/mol. The first kappa shape index (κ1) is 16.4. The monoisotopic (exact) mass is 325 g/mol. The number of likely N-dealkylation sites (tertiary alicyclic amines) is 1. The van der Waals surface area contributed by atoms with Gasteiger partial charge in [-0.25, -0.2) is 9.78 Å². The number of hydrogen-bond acceptors (Lipinski definition) is 5. The number of rotatable bonds is 6. The van der Waals surface area contributed by atoms with Crippen molar-refractivity contribution in [2.75, 3.05) is 19.6 Å². The minimum Gasteiger partial charge on any atom is -0.476 e. The molecule has 22 heavy (non-hydrogen) atoms. The Morgan fingerprint density at radius 2 is 2.18 bits per heavy atom. The Hall–Kier alpha value is -1.96. The second kappa shape index (κ2) is 7.88. The first-order valence-electron chi connectivity index (χ1n) is 7.28. The minimum absolute atomic E-state index is 0.0292. The van der Waals surface area contributed by atoms with E-state index >= 15 is 0 Å². The smallest absolute Gasteiger partial charge is 0.355 e. The largest absolute Gasteiger partial charge is 0.476 e. The Morgan fingerprint density at radius 3 is 2.91 bits per heavy atom. The van der Waals surface area contributed by atoms with Crippen LogP contribution >= 0.6 is 11.3 Å². The van der Waals surface area contributed by atoms with Crippen LogP contribution in [-0.2, 0) is 16.0 Å². The molecule has 0 spiro atoms. The molecule has 0 radical (unpaired) electrons. The topological polar surface area (TPSA) is 99.6 Å². The van der Waals surface area contributed by atoms with E-state index in [9.17, 15) is 14.4 Å². The van der Waals surface area contributed by atoms with Crippen molar-refractivity contribution < 1.29 is 19.5 Å². The van der Waals surface area contributed by atoms with Gasteiger partial charge in [0.1, 0.15) is 0 Å². The van der Waals surface area contributed by atoms with Gasteiger partial charge < -0.3 is 15.3 Å². The lowest BCUT2D eigenvalue weighted by Gasteiger charge is -2.19. The Labute approximate surface area is 132 Å². The summed E-state index contributed by atoms with van der Waals surface area (Å²) in [6.45, 7) is 1.12. The van der Waals surface area contributed by atoms with Crippen LogP contribution in [0, 0.1) is 0 Å². The van der Waals surface area contributed by atoms with Gasteiger partial charge in [-0.1, -0.05) is 6.42 Å². The molecule has 0 saturated carbocycles. The number of carboxylic acid groups (broad SMARTS) is 1. The van der Waals surface area contributed by atoms with Crippen LogP contribution < -0.4 is 5.32 Å². The molecule has 0 atom stereocenters. The minimum atomic E-state index is -1.05. The van der Waals surface area contributed by atoms with E-state index in [1.807, 2.05) is 0 Å². The Balaban J connectivity index is 1.72. The molecule has 2 heterocycles. The molecule has 8 heteroatoms. The Morgan fingerprint density at radius 1 is 1.36 bits per heavy atom. The Bertz CT molecular complexity index is 558. The van der Waals surface area contributed by atoms with Gasteiger partial charge in [-0.05, 0) is 12.8 Å². The summed E-state index contributed by atoms with van der Waals surface area (Å²) in [4.78, 5) is 39.9. The number of nitrogens with one attached hydrogen (secondary N) is 1. The van der Waals surface area contributed by atoms with Crippen LogP contribution in [0.3, 0.4) is 0 Å². The van der Waals surface area contributed by atoms with Crippen molar-refractivity contribution in [1.29, 1.82) is 0 Å². The van der Waals surface area contributed by atoms with Gasteiger partial charge in [0.25, 0.3) is 0 Å². The molecule has 1 fully saturated rings. The van der Waals surface area contributed by atoms with E-state index in [1.54, 1.807) is 4.90 Å². The summed E-state index contributed by atoms with van der Waals surface area (Å²) in [5.74, 6) is -1.20. The third-order valence-corrected chi connectivity index (χ3v) is 4.35. The number of amides is 2. The molecule has 0 aliphatic carbocycles. The maximum atomic E-state index is 11.9. The van der Waals surface area contributed by atoms with E-state index in [2.05, 4.69) is 10.3 Å². The van der Waals surface area contributed by atoms with Crippen molar-refractivity contribution >= 4 is 29.1 Å². The molecular weight excluding hydrogens is 306 g/mol. The van der Waals surface area contributed by atoms with Crippen molar-refractivity contribution in [2.45, 2.75) is 32.1 Å². The zero-order chi connectivity index (χ0) is 15.9. The second-order valence-electron chi connectivity index (χ2n) is 5.16. The first-order valence-corrected chi connectivity index (χ1v) is 8.16. The highest BCUT2D eigenvalue weighted by molar-refractivity contribution is 7.09. The lowest BCUT2D eigenvalue weighted by Crippen LogP contribution is -2.41. The van der Waals surface area contributed by atoms with Crippen molar-refractivity contribution in [3.8, 4) is 0 Å². The molecule has 0 bridgehead atoms. The Kier molecular flexibility index (Phi) is 5.88. The summed E-state index contributed by atoms with van der Waals surface area (Å²) in [6, 6.07) is 0. The van der Waals surface area contributed by atoms with Gasteiger partial charge in [0, 0.05) is 31.3 Å². The van der Waals surface area contributed by atoms with Gasteiger partial charge in [0.2, 0.25) is 11.8 Å². The van der Waals surface area contributed by atoms with Crippen LogP contribution in [0.1, 0.15) is 41.2 Å². The first-order chi connectivity index (χ1) is 10.6. The van der Waals surface area contributed by atoms with Crippen LogP contribution in [0.15, 0.2) is 5.38 Å². The van der Waals surface area contributed by atoms with Crippen molar-refractivity contribution in [1.82, 2.24) is 15.2 Å². The van der Waals surface area contributed by atoms with Crippen LogP contribution in [0.25, 0.3) is 0 Å². The number of nitrogens with zero attached hydrogens (tertiary/aromatic N) is 2. The molecule has 2 amide bonds. The molecule has 1 aromatic rings. The number of aromatic nitrogens is 1. The summed E-state index contributed by atoms with van der Waals surface area (Å²) in [5, 5.41) is 13.7. The molecule has 1 aliphatic rings. The fourth-order valence-corrected chi connectivity index (χ4v) is 3.04. The summed E-state index contributed by atoms with van der Waals surface area (Å²) < 4.78 is 0. The number of carbonyl (C=O) groups excluding carboxylic acids is 2. The number of carbonyl (C=O) groups is 3. The highest BCUT2D eigenvalue weighted by Gasteiger charge is 2.19. The zero-order valence-corrected chi connectivity index (χ0v) is 13.0. The average Bonchev–Trinajstić information content (AvgIpc) is 2.86. The molecule has 0 aromatic carbocycles. The number of carboxylic acids is 1. The van der Waals surface area contributed by atoms with Gasteiger partial charge in [-0.2, -0.15) is 0 Å². The number of hydrogen-bond donors (Lipinski definition) is 2. The highest BCUT2D eigenvalue weighted by Crippen LogP contribution is 2.11. The zero-order valence-electron chi connectivity index (χ0n) is 12.2. The lowest BCUT2D eigenvalue weighted by atomic mass is 10.2. The van der Waals surface area contributed by atoms with E-state index in [0.717, 1.165) is 19.3 Å². The maximum Gasteiger partial charge on any atom is 0.355 e. The lowest BCUT2D eigenvalue weighted by molar-refractivity contribution is -0.135. The van der Waals surface area contributed by atoms with Gasteiger partial charge in [0.05, 0.1) is 11.6 Å². The van der Waals surface area contributed by atoms with Gasteiger partial charge in [0.15, 0.2) is 5.69 Å². The van der Waals surface area contributed by atoms with Crippen LogP contribution in [-0.4, -0.2) is 52.4 Å². The molecule has 2 N–H and O–H groups in total. The molecule has 1 aromatic heterocycles. The standard InChI is InChI=1S/C14H19N3O4S/c18-11(8-17-7-3-1-2-4-13(17)19)15-6-5-12-16-10(9-22-12)14(20)21/h9H,1-8H2,(H,15,18)(H,20,21). The van der Waals surface area contributed by atoms with E-state index in [-0.39, 0.29) is 24.1 Å². The molecule has 1 aliphatic heterocycles. The van der Waals surface area contributed by atoms with Crippen LogP contribution in [0.2, 0.25) is 0 Å². The molecular formula is C14H19N3O4S. The van der Waals surface area contributed by atoms with E-state index < -0.39 is 5.97 Å². The van der Waals surface area contributed by atoms with Crippen molar-refractivity contribution in [3.05, 3.63) is 16.1 Å². The third kappa shape index (κ3) is 4.80. The number of thiazole rings is 1. The molecule has 120 valence electrons. The van der Waals surface area contributed by atoms with E-state index in [4.69, 9.17) is 5.11 Å². The van der Waals surface area contributed by atoms with Crippen molar-refractivity contribution in [3.63, 3.8) is 0 Å². The third-order valence-electron chi connectivity index (χ3n) is 3.44. The summed E-state index contributed by atoms with van der Waals surface area (Å²) in [6.07, 6.45) is 3.87. The SMILES string of the molecule is O=C(CN1CCCCCC1=O)NCCc1nc(C(=O)O)cs1. The summed E-state index contributed by atoms with van der Waals surface area (Å²) in [7, 11) is 0. The van der Waals surface area contributed by atoms with Crippen LogP contribution in [0.4, 0.5) is 0 Å². The maximum absolute atomic E-state index is 11.9. The second-order valence-corrected chi connectivity index (χ2v) is 6.10. The predicted octanol–water partition coefficient (Wildman–Crippen LogP) is 0.903. The van der Waals surface area contributed by atoms with E-state index in [0.29, 0.717) is 30.9 Å². The molecule has 7 nitrogen and oxygen atoms in total.